The summed E-state index contributed by atoms with van der Waals surface area (Å²) >= 11 is 2.39. The molecule has 4 saturated carbocycles. The average Bonchev–Trinajstić information content (AvgIpc) is 3.54. The molecule has 0 radical (unpaired) electrons. The largest absolute Gasteiger partial charge is 0.373 e. The Kier molecular flexibility index (Phi) is 5.34. The van der Waals surface area contributed by atoms with Crippen LogP contribution in [0.1, 0.15) is 83.6 Å². The van der Waals surface area contributed by atoms with Crippen molar-refractivity contribution in [1.82, 2.24) is 0 Å². The molecule has 168 valence electrons. The van der Waals surface area contributed by atoms with E-state index in [1.807, 2.05) is 0 Å². The summed E-state index contributed by atoms with van der Waals surface area (Å²) in [7, 11) is 0. The van der Waals surface area contributed by atoms with Gasteiger partial charge in [0.1, 0.15) is 0 Å². The van der Waals surface area contributed by atoms with Crippen LogP contribution in [0.2, 0.25) is 0 Å². The molecule has 6 rings (SSSR count). The maximum atomic E-state index is 6.40. The average molecular weight is 437 g/mol. The Morgan fingerprint density at radius 2 is 1.77 bits per heavy atom. The van der Waals surface area contributed by atoms with Gasteiger partial charge in [-0.3, -0.25) is 0 Å². The molecule has 0 spiro atoms. The summed E-state index contributed by atoms with van der Waals surface area (Å²) in [5, 5.41) is 1.96. The van der Waals surface area contributed by atoms with Gasteiger partial charge in [0.25, 0.3) is 0 Å². The lowest BCUT2D eigenvalue weighted by molar-refractivity contribution is -0.0491. The Hall–Kier alpha value is -0.730. The Morgan fingerprint density at radius 3 is 2.58 bits per heavy atom. The molecule has 2 unspecified atom stereocenters. The summed E-state index contributed by atoms with van der Waals surface area (Å²) < 4.78 is 6.40. The Morgan fingerprint density at radius 1 is 0.935 bits per heavy atom. The number of ether oxygens (including phenoxy) is 1. The van der Waals surface area contributed by atoms with E-state index < -0.39 is 0 Å². The quantitative estimate of drug-likeness (QED) is 0.435. The molecule has 2 heteroatoms. The van der Waals surface area contributed by atoms with Crippen LogP contribution >= 0.6 is 11.8 Å². The van der Waals surface area contributed by atoms with E-state index >= 15 is 0 Å². The maximum absolute atomic E-state index is 6.40. The van der Waals surface area contributed by atoms with Crippen LogP contribution in [-0.4, -0.2) is 16.6 Å². The van der Waals surface area contributed by atoms with Crippen molar-refractivity contribution in [3.63, 3.8) is 0 Å². The molecule has 0 amide bonds. The van der Waals surface area contributed by atoms with Crippen LogP contribution in [0.5, 0.6) is 0 Å². The summed E-state index contributed by atoms with van der Waals surface area (Å²) in [4.78, 5) is 0. The third-order valence-electron chi connectivity index (χ3n) is 10.2. The molecule has 0 bridgehead atoms. The second kappa shape index (κ2) is 7.94. The van der Waals surface area contributed by atoms with Crippen molar-refractivity contribution in [3.8, 4) is 0 Å². The van der Waals surface area contributed by atoms with E-state index in [0.717, 1.165) is 34.9 Å². The van der Waals surface area contributed by atoms with Crippen LogP contribution in [0.3, 0.4) is 0 Å². The van der Waals surface area contributed by atoms with E-state index in [4.69, 9.17) is 4.74 Å². The number of benzene rings is 1. The second-order valence-corrected chi connectivity index (χ2v) is 13.4. The normalized spacial score (nSPS) is 44.2. The molecule has 1 aromatic carbocycles. The molecular formula is C29H40OS. The summed E-state index contributed by atoms with van der Waals surface area (Å²) in [6, 6.07) is 10.7. The van der Waals surface area contributed by atoms with Crippen molar-refractivity contribution in [2.45, 2.75) is 101 Å². The summed E-state index contributed by atoms with van der Waals surface area (Å²) in [5.41, 5.74) is 4.12. The topological polar surface area (TPSA) is 9.23 Å². The minimum absolute atomic E-state index is 0.413. The fraction of sp³-hybridized carbons (Fsp3) is 0.724. The van der Waals surface area contributed by atoms with Gasteiger partial charge in [-0.1, -0.05) is 55.8 Å². The Bertz CT molecular complexity index is 828. The zero-order valence-corrected chi connectivity index (χ0v) is 20.3. The van der Waals surface area contributed by atoms with E-state index in [1.165, 1.54) is 69.8 Å². The monoisotopic (exact) mass is 436 g/mol. The smallest absolute Gasteiger partial charge is 0.0720 e. The van der Waals surface area contributed by atoms with E-state index in [-0.39, 0.29) is 0 Å². The van der Waals surface area contributed by atoms with Crippen LogP contribution in [0.25, 0.3) is 0 Å². The molecule has 5 aliphatic rings. The zero-order valence-electron chi connectivity index (χ0n) is 19.5. The molecule has 1 nitrogen and oxygen atoms in total. The molecule has 5 aliphatic carbocycles. The van der Waals surface area contributed by atoms with Crippen LogP contribution in [0, 0.1) is 28.6 Å². The van der Waals surface area contributed by atoms with Gasteiger partial charge in [0.2, 0.25) is 0 Å². The van der Waals surface area contributed by atoms with Crippen LogP contribution in [0.15, 0.2) is 42.0 Å². The van der Waals surface area contributed by atoms with Gasteiger partial charge in [0.15, 0.2) is 0 Å². The lowest BCUT2D eigenvalue weighted by atomic mass is 9.48. The van der Waals surface area contributed by atoms with Crippen molar-refractivity contribution in [1.29, 1.82) is 0 Å². The Labute approximate surface area is 193 Å². The first-order chi connectivity index (χ1) is 15.1. The van der Waals surface area contributed by atoms with Gasteiger partial charge < -0.3 is 4.74 Å². The summed E-state index contributed by atoms with van der Waals surface area (Å²) in [5.74, 6) is 2.84. The van der Waals surface area contributed by atoms with Gasteiger partial charge in [-0.25, -0.2) is 0 Å². The molecule has 0 aliphatic heterocycles. The molecule has 0 aromatic heterocycles. The lowest BCUT2D eigenvalue weighted by Crippen LogP contribution is -2.51. The number of allylic oxidation sites excluding steroid dienone is 1. The molecule has 7 atom stereocenters. The fourth-order valence-corrected chi connectivity index (χ4v) is 9.92. The predicted octanol–water partition coefficient (Wildman–Crippen LogP) is 7.80. The highest BCUT2D eigenvalue weighted by atomic mass is 32.2. The number of fused-ring (bicyclic) bond motifs is 5. The van der Waals surface area contributed by atoms with Gasteiger partial charge in [0, 0.05) is 10.5 Å². The van der Waals surface area contributed by atoms with Crippen LogP contribution < -0.4 is 0 Å². The van der Waals surface area contributed by atoms with Crippen molar-refractivity contribution in [2.24, 2.45) is 28.6 Å². The molecule has 0 saturated heterocycles. The third kappa shape index (κ3) is 3.65. The molecular weight excluding hydrogens is 396 g/mol. The number of rotatable bonds is 5. The Balaban J connectivity index is 1.15. The molecule has 4 fully saturated rings. The maximum Gasteiger partial charge on any atom is 0.0720 e. The van der Waals surface area contributed by atoms with Crippen molar-refractivity contribution < 1.29 is 4.74 Å². The van der Waals surface area contributed by atoms with E-state index in [1.54, 1.807) is 5.57 Å². The first-order valence-electron chi connectivity index (χ1n) is 13.1. The minimum Gasteiger partial charge on any atom is -0.373 e. The van der Waals surface area contributed by atoms with Gasteiger partial charge in [-0.15, -0.1) is 0 Å². The second-order valence-electron chi connectivity index (χ2n) is 11.9. The number of hydrogen-bond donors (Lipinski definition) is 0. The van der Waals surface area contributed by atoms with E-state index in [9.17, 15) is 0 Å². The molecule has 0 heterocycles. The van der Waals surface area contributed by atoms with Gasteiger partial charge in [-0.2, -0.15) is 11.8 Å². The predicted molar refractivity (Wildman–Crippen MR) is 131 cm³/mol. The van der Waals surface area contributed by atoms with Gasteiger partial charge in [-0.05, 0) is 98.4 Å². The minimum atomic E-state index is 0.413. The lowest BCUT2D eigenvalue weighted by Gasteiger charge is -2.58. The van der Waals surface area contributed by atoms with E-state index in [0.29, 0.717) is 16.9 Å². The van der Waals surface area contributed by atoms with Crippen LogP contribution in [-0.2, 0) is 11.3 Å². The van der Waals surface area contributed by atoms with Crippen molar-refractivity contribution in [2.75, 3.05) is 0 Å². The molecule has 31 heavy (non-hydrogen) atoms. The summed E-state index contributed by atoms with van der Waals surface area (Å²) in [6.45, 7) is 6.09. The first kappa shape index (κ1) is 20.8. The van der Waals surface area contributed by atoms with E-state index in [2.05, 4.69) is 62.0 Å². The third-order valence-corrected chi connectivity index (χ3v) is 12.1. The fourth-order valence-electron chi connectivity index (χ4n) is 8.17. The van der Waals surface area contributed by atoms with Crippen LogP contribution in [0.4, 0.5) is 0 Å². The van der Waals surface area contributed by atoms with Crippen molar-refractivity contribution >= 4 is 11.8 Å². The van der Waals surface area contributed by atoms with Gasteiger partial charge in [0.05, 0.1) is 12.7 Å². The summed E-state index contributed by atoms with van der Waals surface area (Å²) in [6.07, 6.45) is 17.2. The molecule has 1 aromatic rings. The van der Waals surface area contributed by atoms with Gasteiger partial charge >= 0.3 is 0 Å². The number of hydrogen-bond acceptors (Lipinski definition) is 2. The number of thioether (sulfide) groups is 1. The molecule has 0 N–H and O–H groups in total. The standard InChI is InChI=1S/C29H40OS/c1-28-16-14-22(30-19-20-6-4-3-5-7-20)18-21(28)8-11-24-25-12-13-27(31-23-9-10-23)29(25,2)17-15-26(24)28/h3-8,22-27H,9-19H2,1-2H3/t22?,24-,25-,26+,27?,28-,29-/m0/s1. The first-order valence-corrected chi connectivity index (χ1v) is 14.0. The highest BCUT2D eigenvalue weighted by Gasteiger charge is 2.59. The highest BCUT2D eigenvalue weighted by molar-refractivity contribution is 8.00. The highest BCUT2D eigenvalue weighted by Crippen LogP contribution is 2.67. The zero-order chi connectivity index (χ0) is 21.1. The SMILES string of the molecule is C[C@]12CCC(OCc3ccccc3)CC1=CC[C@@H]1[C@H]2CC[C@]2(C)C(SC3CC3)CC[C@@H]12. The van der Waals surface area contributed by atoms with Crippen molar-refractivity contribution in [3.05, 3.63) is 47.5 Å².